The average molecular weight is 308 g/mol. The lowest BCUT2D eigenvalue weighted by molar-refractivity contribution is -0.118. The van der Waals surface area contributed by atoms with Gasteiger partial charge in [-0.3, -0.25) is 9.59 Å². The molecule has 4 heteroatoms. The van der Waals surface area contributed by atoms with Crippen LogP contribution in [0.3, 0.4) is 0 Å². The minimum absolute atomic E-state index is 0.0116. The smallest absolute Gasteiger partial charge is 0.231 e. The maximum atomic E-state index is 12.6. The van der Waals surface area contributed by atoms with Gasteiger partial charge in [-0.15, -0.1) is 0 Å². The van der Waals surface area contributed by atoms with E-state index >= 15 is 0 Å². The first-order chi connectivity index (χ1) is 11.1. The minimum Gasteiger partial charge on any atom is -0.316 e. The summed E-state index contributed by atoms with van der Waals surface area (Å²) >= 11 is 0. The molecule has 2 amide bonds. The molecule has 0 fully saturated rings. The van der Waals surface area contributed by atoms with Crippen LogP contribution in [0.2, 0.25) is 0 Å². The molecule has 2 aromatic carbocycles. The van der Waals surface area contributed by atoms with Crippen LogP contribution >= 0.6 is 0 Å². The van der Waals surface area contributed by atoms with Gasteiger partial charge >= 0.3 is 0 Å². The first-order valence-corrected chi connectivity index (χ1v) is 7.78. The van der Waals surface area contributed by atoms with Gasteiger partial charge in [0.05, 0.1) is 6.42 Å². The van der Waals surface area contributed by atoms with E-state index in [1.807, 2.05) is 47.4 Å². The Morgan fingerprint density at radius 1 is 1.09 bits per heavy atom. The van der Waals surface area contributed by atoms with Crippen molar-refractivity contribution in [3.63, 3.8) is 0 Å². The highest BCUT2D eigenvalue weighted by atomic mass is 16.2. The molecule has 2 aromatic rings. The van der Waals surface area contributed by atoms with Crippen LogP contribution in [0.1, 0.15) is 18.1 Å². The van der Waals surface area contributed by atoms with E-state index in [9.17, 15) is 9.59 Å². The van der Waals surface area contributed by atoms with Crippen molar-refractivity contribution in [3.8, 4) is 0 Å². The molecule has 0 spiro atoms. The quantitative estimate of drug-likeness (QED) is 0.875. The number of carbonyl (C=O) groups is 2. The number of amides is 2. The molecule has 0 aromatic heterocycles. The van der Waals surface area contributed by atoms with Crippen LogP contribution in [0.5, 0.6) is 0 Å². The van der Waals surface area contributed by atoms with Crippen molar-refractivity contribution in [2.75, 3.05) is 23.4 Å². The fourth-order valence-corrected chi connectivity index (χ4v) is 2.89. The summed E-state index contributed by atoms with van der Waals surface area (Å²) in [5, 5.41) is 0. The van der Waals surface area contributed by atoms with E-state index < -0.39 is 0 Å². The third-order valence-corrected chi connectivity index (χ3v) is 4.34. The van der Waals surface area contributed by atoms with Crippen LogP contribution < -0.4 is 9.80 Å². The van der Waals surface area contributed by atoms with Crippen molar-refractivity contribution in [2.45, 2.75) is 19.8 Å². The van der Waals surface area contributed by atoms with Crippen LogP contribution in [0.15, 0.2) is 48.5 Å². The van der Waals surface area contributed by atoms with Gasteiger partial charge in [0.15, 0.2) is 0 Å². The maximum absolute atomic E-state index is 12.6. The van der Waals surface area contributed by atoms with Crippen molar-refractivity contribution in [1.29, 1.82) is 0 Å². The third-order valence-electron chi connectivity index (χ3n) is 4.34. The molecule has 23 heavy (non-hydrogen) atoms. The normalized spacial score (nSPS) is 12.9. The molecular weight excluding hydrogens is 288 g/mol. The van der Waals surface area contributed by atoms with Gasteiger partial charge in [0.25, 0.3) is 0 Å². The number of rotatable bonds is 3. The molecule has 0 bridgehead atoms. The zero-order valence-electron chi connectivity index (χ0n) is 13.5. The second-order valence-electron chi connectivity index (χ2n) is 5.85. The number of fused-ring (bicyclic) bond motifs is 1. The number of nitrogens with zero attached hydrogens (tertiary/aromatic N) is 2. The fraction of sp³-hybridized carbons (Fsp3) is 0.263. The van der Waals surface area contributed by atoms with E-state index in [4.69, 9.17) is 0 Å². The Bertz CT molecular complexity index is 737. The highest BCUT2D eigenvalue weighted by Crippen LogP contribution is 2.28. The summed E-state index contributed by atoms with van der Waals surface area (Å²) in [7, 11) is 1.74. The Labute approximate surface area is 136 Å². The van der Waals surface area contributed by atoms with Gasteiger partial charge in [-0.05, 0) is 35.7 Å². The topological polar surface area (TPSA) is 40.6 Å². The minimum atomic E-state index is -0.0116. The molecule has 0 saturated carbocycles. The Morgan fingerprint density at radius 3 is 2.48 bits per heavy atom. The van der Waals surface area contributed by atoms with E-state index in [-0.39, 0.29) is 11.8 Å². The van der Waals surface area contributed by atoms with E-state index in [1.54, 1.807) is 11.9 Å². The summed E-state index contributed by atoms with van der Waals surface area (Å²) in [6.45, 7) is 2.28. The van der Waals surface area contributed by atoms with Crippen molar-refractivity contribution in [3.05, 3.63) is 59.7 Å². The predicted molar refractivity (Wildman–Crippen MR) is 91.7 cm³/mol. The maximum Gasteiger partial charge on any atom is 0.231 e. The molecule has 1 aliphatic rings. The molecule has 0 saturated heterocycles. The van der Waals surface area contributed by atoms with Crippen molar-refractivity contribution in [2.24, 2.45) is 0 Å². The van der Waals surface area contributed by atoms with Crippen molar-refractivity contribution >= 4 is 23.2 Å². The van der Waals surface area contributed by atoms with E-state index in [1.165, 1.54) is 12.5 Å². The Morgan fingerprint density at radius 2 is 1.78 bits per heavy atom. The lowest BCUT2D eigenvalue weighted by atomic mass is 10.1. The molecule has 1 aliphatic heterocycles. The highest BCUT2D eigenvalue weighted by Gasteiger charge is 2.23. The standard InChI is InChI=1S/C19H20N2O2/c1-14(22)20(2)17-9-7-15(8-10-17)13-19(23)21-12-11-16-5-3-4-6-18(16)21/h3-10H,11-13H2,1-2H3. The van der Waals surface area contributed by atoms with Crippen LogP contribution in [0.4, 0.5) is 11.4 Å². The average Bonchev–Trinajstić information content (AvgIpc) is 2.99. The monoisotopic (exact) mass is 308 g/mol. The number of anilines is 2. The summed E-state index contributed by atoms with van der Waals surface area (Å²) in [5.41, 5.74) is 4.06. The van der Waals surface area contributed by atoms with Gasteiger partial charge in [0.1, 0.15) is 0 Å². The van der Waals surface area contributed by atoms with Crippen LogP contribution in [0.25, 0.3) is 0 Å². The number of para-hydroxylation sites is 1. The molecule has 1 heterocycles. The second-order valence-corrected chi connectivity index (χ2v) is 5.85. The van der Waals surface area contributed by atoms with E-state index in [2.05, 4.69) is 6.07 Å². The van der Waals surface area contributed by atoms with Gasteiger partial charge in [0, 0.05) is 31.9 Å². The largest absolute Gasteiger partial charge is 0.316 e. The first-order valence-electron chi connectivity index (χ1n) is 7.78. The number of carbonyl (C=O) groups excluding carboxylic acids is 2. The van der Waals surface area contributed by atoms with Gasteiger partial charge in [-0.2, -0.15) is 0 Å². The van der Waals surface area contributed by atoms with Crippen molar-refractivity contribution in [1.82, 2.24) is 0 Å². The summed E-state index contributed by atoms with van der Waals surface area (Å²) < 4.78 is 0. The Balaban J connectivity index is 1.70. The number of hydrogen-bond acceptors (Lipinski definition) is 2. The van der Waals surface area contributed by atoms with Gasteiger partial charge in [-0.1, -0.05) is 30.3 Å². The number of benzene rings is 2. The Hall–Kier alpha value is -2.62. The van der Waals surface area contributed by atoms with Crippen LogP contribution in [0, 0.1) is 0 Å². The van der Waals surface area contributed by atoms with Crippen LogP contribution in [-0.2, 0) is 22.4 Å². The predicted octanol–water partition coefficient (Wildman–Crippen LogP) is 2.80. The SMILES string of the molecule is CC(=O)N(C)c1ccc(CC(=O)N2CCc3ccccc32)cc1. The lowest BCUT2D eigenvalue weighted by Crippen LogP contribution is -2.30. The second kappa shape index (κ2) is 6.24. The Kier molecular flexibility index (Phi) is 4.15. The number of hydrogen-bond donors (Lipinski definition) is 0. The van der Waals surface area contributed by atoms with E-state index in [0.717, 1.165) is 29.9 Å². The summed E-state index contributed by atoms with van der Waals surface area (Å²) in [6.07, 6.45) is 1.29. The molecule has 0 atom stereocenters. The zero-order chi connectivity index (χ0) is 16.4. The molecular formula is C19H20N2O2. The third kappa shape index (κ3) is 3.11. The summed E-state index contributed by atoms with van der Waals surface area (Å²) in [4.78, 5) is 27.4. The summed E-state index contributed by atoms with van der Waals surface area (Å²) in [5.74, 6) is 0.102. The highest BCUT2D eigenvalue weighted by molar-refractivity contribution is 5.97. The molecule has 0 radical (unpaired) electrons. The van der Waals surface area contributed by atoms with Gasteiger partial charge in [-0.25, -0.2) is 0 Å². The lowest BCUT2D eigenvalue weighted by Gasteiger charge is -2.18. The fourth-order valence-electron chi connectivity index (χ4n) is 2.89. The molecule has 4 nitrogen and oxygen atoms in total. The molecule has 0 unspecified atom stereocenters. The molecule has 0 aliphatic carbocycles. The van der Waals surface area contributed by atoms with Crippen molar-refractivity contribution < 1.29 is 9.59 Å². The first kappa shape index (κ1) is 15.3. The molecule has 118 valence electrons. The van der Waals surface area contributed by atoms with Gasteiger partial charge < -0.3 is 9.80 Å². The molecule has 0 N–H and O–H groups in total. The summed E-state index contributed by atoms with van der Waals surface area (Å²) in [6, 6.07) is 15.6. The molecule has 3 rings (SSSR count). The van der Waals surface area contributed by atoms with E-state index in [0.29, 0.717) is 6.42 Å². The van der Waals surface area contributed by atoms with Gasteiger partial charge in [0.2, 0.25) is 11.8 Å². The zero-order valence-corrected chi connectivity index (χ0v) is 13.5. The van der Waals surface area contributed by atoms with Crippen LogP contribution in [-0.4, -0.2) is 25.4 Å².